The van der Waals surface area contributed by atoms with E-state index in [2.05, 4.69) is 74.8 Å². The molecule has 17 heterocycles. The molecule has 0 aliphatic carbocycles. The molecule has 0 amide bonds. The van der Waals surface area contributed by atoms with E-state index in [0.29, 0.717) is 69.0 Å². The summed E-state index contributed by atoms with van der Waals surface area (Å²) in [5.74, 6) is -1.08. The van der Waals surface area contributed by atoms with Gasteiger partial charge in [-0.3, -0.25) is 37.2 Å². The number of aliphatic hydroxyl groups excluding tert-OH is 6. The number of carbonyl (C=O) groups is 3. The van der Waals surface area contributed by atoms with E-state index in [1.54, 1.807) is 4.57 Å². The molecule has 17 rings (SSSR count). The molecular weight excluding hydrogens is 1480 g/mol. The standard InChI is InChI=1S/C15H17ClN4O6.C11H11ClN4O4.C11H9ClN4O4.C11H13ClN4O4.C10H13N5O4/c1-7(21)24-4-9-11(25-8(2)22)15(3,23)14(26-9)20-6-19-10-12(16)17-5-18-13(10)20;2*12-9-6-10(14-2-13-9)16(3-15-6)11-7(17)8-5(20-11)1-18-4-19-8;1-11(19)7(18)5(2-17)20-10(11)16-4-15-6-8(12)13-3-14-9(6)16;11-8-5-9(13-2-12-8)15(3-14-5)10-7(18)6(17)4(1-16)19-10/h5-6,9,11,14,23H,4H2,1-3H3;2-3,5,7-8,11,17H,1,4H2;2-3,5,8,11H,1,4H2;3-5,7,10,17-19H,2H2,1H3;2-4,6-7,10,16-18H,1H2,(H2,11,12,13)/t9-,11+,14-,15?;5-,7?,8+,11-;5-,8+,11-;5-,7+,10-,11?;4-,6+,7?,10-/m11111/s1. The minimum absolute atomic E-state index is 0.0989. The fourth-order valence-corrected chi connectivity index (χ4v) is 13.2. The predicted octanol–water partition coefficient (Wildman–Crippen LogP) is -1.45. The molecule has 560 valence electrons. The highest BCUT2D eigenvalue weighted by atomic mass is 35.5. The molecule has 10 N–H and O–H groups in total. The van der Waals surface area contributed by atoms with Crippen LogP contribution in [0.2, 0.25) is 20.6 Å². The van der Waals surface area contributed by atoms with Gasteiger partial charge in [0.05, 0.1) is 58.1 Å². The summed E-state index contributed by atoms with van der Waals surface area (Å²) < 4.78 is 67.0. The lowest BCUT2D eigenvalue weighted by molar-refractivity contribution is -0.189. The first-order chi connectivity index (χ1) is 50.3. The third-order valence-electron chi connectivity index (χ3n) is 17.6. The van der Waals surface area contributed by atoms with Gasteiger partial charge in [0.25, 0.3) is 0 Å². The number of aromatic nitrogens is 20. The molecule has 19 atom stereocenters. The molecule has 43 nitrogen and oxygen atoms in total. The van der Waals surface area contributed by atoms with Gasteiger partial charge >= 0.3 is 11.9 Å². The molecule has 7 fully saturated rings. The van der Waals surface area contributed by atoms with Crippen LogP contribution < -0.4 is 5.73 Å². The van der Waals surface area contributed by atoms with Crippen LogP contribution in [0.5, 0.6) is 0 Å². The van der Waals surface area contributed by atoms with Crippen molar-refractivity contribution in [3.05, 3.63) is 83.9 Å². The summed E-state index contributed by atoms with van der Waals surface area (Å²) in [4.78, 5) is 95.1. The number of aliphatic hydroxyl groups is 8. The van der Waals surface area contributed by atoms with Crippen molar-refractivity contribution >= 4 is 126 Å². The maximum atomic E-state index is 12.3. The summed E-state index contributed by atoms with van der Waals surface area (Å²) in [7, 11) is 0. The average molecular weight is 1550 g/mol. The van der Waals surface area contributed by atoms with Crippen molar-refractivity contribution in [2.45, 2.75) is 143 Å². The molecule has 0 spiro atoms. The average Bonchev–Trinajstić information content (AvgIpc) is 1.61. The van der Waals surface area contributed by atoms with Gasteiger partial charge in [0.15, 0.2) is 98.0 Å². The smallest absolute Gasteiger partial charge is 0.303 e. The Bertz CT molecular complexity index is 4810. The van der Waals surface area contributed by atoms with Crippen molar-refractivity contribution < 1.29 is 107 Å². The number of hydrogen-bond acceptors (Lipinski definition) is 38. The van der Waals surface area contributed by atoms with E-state index in [1.807, 2.05) is 0 Å². The summed E-state index contributed by atoms with van der Waals surface area (Å²) >= 11 is 23.8. The Hall–Kier alpha value is -8.36. The largest absolute Gasteiger partial charge is 0.463 e. The minimum atomic E-state index is -1.65. The van der Waals surface area contributed by atoms with Crippen molar-refractivity contribution in [2.75, 3.05) is 52.4 Å². The third-order valence-corrected chi connectivity index (χ3v) is 18.7. The number of halogens is 4. The second-order valence-corrected chi connectivity index (χ2v) is 25.8. The number of Topliss-reactive ketones (excluding diaryl/α,β-unsaturated/α-hetero) is 1. The molecule has 7 saturated heterocycles. The van der Waals surface area contributed by atoms with Crippen LogP contribution in [0.1, 0.15) is 58.8 Å². The van der Waals surface area contributed by atoms with Crippen LogP contribution in [0, 0.1) is 0 Å². The molecule has 0 radical (unpaired) electrons. The lowest BCUT2D eigenvalue weighted by Crippen LogP contribution is -2.47. The third kappa shape index (κ3) is 14.4. The molecular formula is C58H63Cl4N21O22. The van der Waals surface area contributed by atoms with Crippen LogP contribution in [0.25, 0.3) is 55.8 Å². The molecule has 0 bridgehead atoms. The maximum Gasteiger partial charge on any atom is 0.303 e. The summed E-state index contributed by atoms with van der Waals surface area (Å²) in [6, 6.07) is 0. The summed E-state index contributed by atoms with van der Waals surface area (Å²) in [5.41, 5.74) is 6.47. The van der Waals surface area contributed by atoms with E-state index in [9.17, 15) is 50.1 Å². The van der Waals surface area contributed by atoms with Gasteiger partial charge in [-0.1, -0.05) is 46.4 Å². The number of esters is 2. The Morgan fingerprint density at radius 1 is 0.524 bits per heavy atom. The van der Waals surface area contributed by atoms with E-state index < -0.39 is 135 Å². The molecule has 10 aromatic rings. The SMILES string of the molecule is CC(=O)OC[C@H]1O[C@@H](n2cnc3c(Cl)ncnc32)C(C)(O)[C@H]1OC(C)=O.CC1(O)[C@@H](O)[C@@H](CO)O[C@H]1n1cnc2c(Cl)ncnc21.Nc1ncnc2c1ncn2[C@@H]1O[C@H](CO)[C@H](O)C1O.O=C1[C@H]2OCOC[C@H]2O[C@H]1n1cnc2c(Cl)ncnc21.OC1[C@H]2OCOC[C@H]2O[C@H]1n1cnc2c(Cl)ncnc21. The van der Waals surface area contributed by atoms with E-state index in [4.69, 9.17) is 109 Å². The Balaban J connectivity index is 0.000000117. The van der Waals surface area contributed by atoms with E-state index in [1.165, 1.54) is 109 Å². The summed E-state index contributed by atoms with van der Waals surface area (Å²) in [6.07, 6.45) is -0.494. The van der Waals surface area contributed by atoms with Gasteiger partial charge in [0.2, 0.25) is 5.78 Å². The van der Waals surface area contributed by atoms with Crippen LogP contribution in [-0.2, 0) is 66.5 Å². The molecule has 105 heavy (non-hydrogen) atoms. The summed E-state index contributed by atoms with van der Waals surface area (Å²) in [5, 5.41) is 80.5. The van der Waals surface area contributed by atoms with Gasteiger partial charge in [0, 0.05) is 13.8 Å². The molecule has 7 aliphatic rings. The van der Waals surface area contributed by atoms with Gasteiger partial charge in [-0.25, -0.2) is 74.8 Å². The first kappa shape index (κ1) is 74.9. The molecule has 0 saturated carbocycles. The minimum Gasteiger partial charge on any atom is -0.463 e. The molecule has 10 aromatic heterocycles. The first-order valence-corrected chi connectivity index (χ1v) is 33.0. The monoisotopic (exact) mass is 1550 g/mol. The van der Waals surface area contributed by atoms with Gasteiger partial charge < -0.3 is 98.7 Å². The first-order valence-electron chi connectivity index (χ1n) is 31.5. The number of ketones is 1. The Morgan fingerprint density at radius 3 is 1.47 bits per heavy atom. The van der Waals surface area contributed by atoms with Gasteiger partial charge in [0.1, 0.15) is 152 Å². The normalized spacial score (nSPS) is 31.2. The Morgan fingerprint density at radius 2 is 0.971 bits per heavy atom. The Labute approximate surface area is 607 Å². The van der Waals surface area contributed by atoms with E-state index in [-0.39, 0.29) is 58.5 Å². The quantitative estimate of drug-likeness (QED) is 0.0559. The predicted molar refractivity (Wildman–Crippen MR) is 349 cm³/mol. The maximum absolute atomic E-state index is 12.3. The van der Waals surface area contributed by atoms with Crippen LogP contribution in [-0.4, -0.2) is 287 Å². The van der Waals surface area contributed by atoms with Gasteiger partial charge in [-0.15, -0.1) is 0 Å². The summed E-state index contributed by atoms with van der Waals surface area (Å²) in [6.45, 7) is 5.32. The zero-order valence-electron chi connectivity index (χ0n) is 54.9. The molecule has 47 heteroatoms. The van der Waals surface area contributed by atoms with Crippen molar-refractivity contribution in [1.29, 1.82) is 0 Å². The Kier molecular flexibility index (Phi) is 22.0. The number of rotatable bonds is 10. The number of fused-ring (bicyclic) bond motifs is 7. The van der Waals surface area contributed by atoms with Crippen molar-refractivity contribution in [2.24, 2.45) is 0 Å². The number of carbonyl (C=O) groups excluding carboxylic acids is 3. The van der Waals surface area contributed by atoms with Crippen LogP contribution in [0.4, 0.5) is 5.82 Å². The highest BCUT2D eigenvalue weighted by Gasteiger charge is 2.58. The number of nitrogens with zero attached hydrogens (tertiary/aromatic N) is 20. The van der Waals surface area contributed by atoms with Crippen LogP contribution in [0.15, 0.2) is 63.3 Å². The molecule has 0 aromatic carbocycles. The number of imidazole rings is 5. The molecule has 4 unspecified atom stereocenters. The zero-order chi connectivity index (χ0) is 74.5. The number of nitrogens with two attached hydrogens (primary N) is 1. The molecule has 7 aliphatic heterocycles. The van der Waals surface area contributed by atoms with Crippen molar-refractivity contribution in [3.63, 3.8) is 0 Å². The van der Waals surface area contributed by atoms with E-state index in [0.717, 1.165) is 0 Å². The number of hydrogen-bond donors (Lipinski definition) is 9. The highest BCUT2D eigenvalue weighted by Crippen LogP contribution is 2.44. The lowest BCUT2D eigenvalue weighted by atomic mass is 9.96. The number of nitrogen functional groups attached to an aromatic ring is 1. The number of ether oxygens (including phenoxy) is 11. The van der Waals surface area contributed by atoms with E-state index >= 15 is 0 Å². The lowest BCUT2D eigenvalue weighted by Gasteiger charge is -2.29. The van der Waals surface area contributed by atoms with Gasteiger partial charge in [-0.05, 0) is 13.8 Å². The van der Waals surface area contributed by atoms with Crippen LogP contribution in [0.3, 0.4) is 0 Å². The van der Waals surface area contributed by atoms with Gasteiger partial charge in [-0.2, -0.15) is 0 Å². The fourth-order valence-electron chi connectivity index (χ4n) is 12.5. The van der Waals surface area contributed by atoms with Crippen molar-refractivity contribution in [1.82, 2.24) is 97.6 Å². The second-order valence-electron chi connectivity index (χ2n) is 24.4. The highest BCUT2D eigenvalue weighted by molar-refractivity contribution is 6.34. The fraction of sp³-hybridized carbons (Fsp3) is 0.517. The number of anilines is 1. The topological polar surface area (TPSA) is 559 Å². The van der Waals surface area contributed by atoms with Crippen LogP contribution >= 0.6 is 46.4 Å². The second kappa shape index (κ2) is 30.8. The van der Waals surface area contributed by atoms with Crippen molar-refractivity contribution in [3.8, 4) is 0 Å². The zero-order valence-corrected chi connectivity index (χ0v) is 57.9.